The fraction of sp³-hybridized carbons (Fsp3) is 0.818. The molecule has 8 nitrogen and oxygen atoms in total. The number of ketones is 1. The summed E-state index contributed by atoms with van der Waals surface area (Å²) < 4.78 is 11.4. The van der Waals surface area contributed by atoms with Gasteiger partial charge < -0.3 is 29.9 Å². The molecule has 10 atom stereocenters. The van der Waals surface area contributed by atoms with E-state index in [1.54, 1.807) is 0 Å². The van der Waals surface area contributed by atoms with Crippen molar-refractivity contribution in [3.05, 3.63) is 12.2 Å². The Hall–Kier alpha value is -1.32. The molecule has 0 radical (unpaired) electrons. The molecule has 6 aliphatic rings. The van der Waals surface area contributed by atoms with E-state index in [0.717, 1.165) is 0 Å². The Morgan fingerprint density at radius 2 is 1.83 bits per heavy atom. The Balaban J connectivity index is 1.82. The fourth-order valence-electron chi connectivity index (χ4n) is 8.30. The van der Waals surface area contributed by atoms with Crippen molar-refractivity contribution in [2.24, 2.45) is 34.0 Å². The van der Waals surface area contributed by atoms with Crippen LogP contribution >= 0.6 is 0 Å². The molecule has 30 heavy (non-hydrogen) atoms. The zero-order valence-corrected chi connectivity index (χ0v) is 17.5. The Kier molecular flexibility index (Phi) is 3.92. The maximum absolute atomic E-state index is 13.6. The van der Waals surface area contributed by atoms with Crippen LogP contribution in [-0.2, 0) is 19.1 Å². The molecule has 4 N–H and O–H groups in total. The molecule has 0 aromatic heterocycles. The lowest BCUT2D eigenvalue weighted by molar-refractivity contribution is -0.507. The van der Waals surface area contributed by atoms with Gasteiger partial charge in [-0.15, -0.1) is 0 Å². The Labute approximate surface area is 174 Å². The van der Waals surface area contributed by atoms with Crippen molar-refractivity contribution in [2.45, 2.75) is 76.8 Å². The standard InChI is InChI=1S/C22H30O8/c1-9-11-5-6-12-20-13(29-10(2)23)7-8-19(3,4)14(20)17(26)22(28,30-18(20)27)21(12,15(9)24)16(11)25/h11-14,16-18,25-28H,1,5-8H2,2-4H3/t11-,12-,13-,14+,16-,17-,18+,20-,21-,22+/m0/s1. The highest BCUT2D eigenvalue weighted by molar-refractivity contribution is 6.05. The van der Waals surface area contributed by atoms with Gasteiger partial charge in [-0.3, -0.25) is 9.59 Å². The summed E-state index contributed by atoms with van der Waals surface area (Å²) in [6, 6.07) is 0. The minimum absolute atomic E-state index is 0.211. The first-order valence-electron chi connectivity index (χ1n) is 10.7. The van der Waals surface area contributed by atoms with Crippen molar-refractivity contribution in [3.63, 3.8) is 0 Å². The maximum Gasteiger partial charge on any atom is 0.302 e. The lowest BCUT2D eigenvalue weighted by Crippen LogP contribution is -2.87. The van der Waals surface area contributed by atoms with E-state index in [2.05, 4.69) is 6.58 Å². The quantitative estimate of drug-likeness (QED) is 0.349. The number of rotatable bonds is 1. The summed E-state index contributed by atoms with van der Waals surface area (Å²) in [5.74, 6) is -5.52. The molecule has 166 valence electrons. The SMILES string of the molecule is C=C1C(=O)[C@]23[C@@H](O)[C@H]1CC[C@H]2[C@@]12[C@H](O)O[C@]3(O)[C@@H](O)[C@@H]1C(C)(C)CC[C@@H]2OC(C)=O. The first-order chi connectivity index (χ1) is 13.9. The zero-order chi connectivity index (χ0) is 22.0. The summed E-state index contributed by atoms with van der Waals surface area (Å²) in [7, 11) is 0. The lowest BCUT2D eigenvalue weighted by Gasteiger charge is -2.75. The molecule has 4 bridgehead atoms. The second kappa shape index (κ2) is 5.72. The maximum atomic E-state index is 13.6. The van der Waals surface area contributed by atoms with E-state index in [1.165, 1.54) is 6.92 Å². The van der Waals surface area contributed by atoms with Gasteiger partial charge in [-0.2, -0.15) is 0 Å². The number of fused-ring (bicyclic) bond motifs is 2. The number of hydrogen-bond acceptors (Lipinski definition) is 8. The molecule has 4 aliphatic carbocycles. The van der Waals surface area contributed by atoms with E-state index >= 15 is 0 Å². The number of esters is 1. The van der Waals surface area contributed by atoms with Crippen molar-refractivity contribution in [1.82, 2.24) is 0 Å². The van der Waals surface area contributed by atoms with Gasteiger partial charge in [0.1, 0.15) is 17.6 Å². The van der Waals surface area contributed by atoms with Crippen LogP contribution in [0.4, 0.5) is 0 Å². The van der Waals surface area contributed by atoms with Crippen molar-refractivity contribution in [3.8, 4) is 0 Å². The highest BCUT2D eigenvalue weighted by Crippen LogP contribution is 2.77. The smallest absolute Gasteiger partial charge is 0.302 e. The molecular weight excluding hydrogens is 392 g/mol. The normalized spacial score (nSPS) is 55.8. The summed E-state index contributed by atoms with van der Waals surface area (Å²) in [6.07, 6.45) is -3.39. The molecule has 0 unspecified atom stereocenters. The van der Waals surface area contributed by atoms with Gasteiger partial charge in [-0.05, 0) is 42.6 Å². The van der Waals surface area contributed by atoms with Gasteiger partial charge in [0.15, 0.2) is 12.1 Å². The topological polar surface area (TPSA) is 134 Å². The third kappa shape index (κ3) is 1.84. The number of carbonyl (C=O) groups is 2. The number of ether oxygens (including phenoxy) is 2. The molecule has 6 rings (SSSR count). The summed E-state index contributed by atoms with van der Waals surface area (Å²) in [5.41, 5.74) is -3.53. The van der Waals surface area contributed by atoms with Crippen LogP contribution in [0.3, 0.4) is 0 Å². The molecule has 2 spiro atoms. The number of hydrogen-bond donors (Lipinski definition) is 4. The minimum Gasteiger partial charge on any atom is -0.462 e. The lowest BCUT2D eigenvalue weighted by atomic mass is 9.35. The molecule has 2 saturated heterocycles. The van der Waals surface area contributed by atoms with E-state index in [0.29, 0.717) is 25.7 Å². The van der Waals surface area contributed by atoms with Crippen LogP contribution in [0.15, 0.2) is 12.2 Å². The van der Waals surface area contributed by atoms with Crippen molar-refractivity contribution in [2.75, 3.05) is 0 Å². The van der Waals surface area contributed by atoms with E-state index in [-0.39, 0.29) is 5.57 Å². The van der Waals surface area contributed by atoms with E-state index < -0.39 is 76.1 Å². The van der Waals surface area contributed by atoms with Crippen LogP contribution in [0.5, 0.6) is 0 Å². The average Bonchev–Trinajstić information content (AvgIpc) is 2.74. The molecule has 2 aliphatic heterocycles. The Bertz CT molecular complexity index is 852. The molecule has 0 aromatic rings. The summed E-state index contributed by atoms with van der Waals surface area (Å²) >= 11 is 0. The molecule has 2 heterocycles. The number of aliphatic hydroxyl groups is 4. The number of carbonyl (C=O) groups excluding carboxylic acids is 2. The third-order valence-electron chi connectivity index (χ3n) is 9.21. The first kappa shape index (κ1) is 20.6. The van der Waals surface area contributed by atoms with Crippen molar-refractivity contribution < 1.29 is 39.5 Å². The molecular formula is C22H30O8. The van der Waals surface area contributed by atoms with Gasteiger partial charge in [-0.1, -0.05) is 20.4 Å². The van der Waals surface area contributed by atoms with Crippen LogP contribution in [0.2, 0.25) is 0 Å². The van der Waals surface area contributed by atoms with Gasteiger partial charge in [0.2, 0.25) is 5.79 Å². The van der Waals surface area contributed by atoms with Crippen LogP contribution in [0.1, 0.15) is 46.5 Å². The van der Waals surface area contributed by atoms with E-state index in [4.69, 9.17) is 9.47 Å². The first-order valence-corrected chi connectivity index (χ1v) is 10.7. The van der Waals surface area contributed by atoms with Crippen LogP contribution in [0, 0.1) is 34.0 Å². The highest BCUT2D eigenvalue weighted by atomic mass is 16.7. The van der Waals surface area contributed by atoms with Crippen molar-refractivity contribution >= 4 is 11.8 Å². The Morgan fingerprint density at radius 3 is 2.47 bits per heavy atom. The van der Waals surface area contributed by atoms with Gasteiger partial charge in [0.25, 0.3) is 0 Å². The summed E-state index contributed by atoms with van der Waals surface area (Å²) in [6.45, 7) is 9.02. The second-order valence-corrected chi connectivity index (χ2v) is 10.6. The molecule has 0 aromatic carbocycles. The average molecular weight is 422 g/mol. The summed E-state index contributed by atoms with van der Waals surface area (Å²) in [4.78, 5) is 25.5. The second-order valence-electron chi connectivity index (χ2n) is 10.6. The predicted molar refractivity (Wildman–Crippen MR) is 101 cm³/mol. The van der Waals surface area contributed by atoms with Gasteiger partial charge in [0, 0.05) is 18.8 Å². The number of Topliss-reactive ketones (excluding diaryl/α,β-unsaturated/α-hetero) is 1. The van der Waals surface area contributed by atoms with Gasteiger partial charge in [-0.25, -0.2) is 0 Å². The number of aliphatic hydroxyl groups excluding tert-OH is 3. The molecule has 0 amide bonds. The molecule has 6 fully saturated rings. The fourth-order valence-corrected chi connectivity index (χ4v) is 8.30. The molecule has 8 heteroatoms. The van der Waals surface area contributed by atoms with E-state index in [9.17, 15) is 30.0 Å². The molecule has 4 saturated carbocycles. The van der Waals surface area contributed by atoms with Crippen molar-refractivity contribution in [1.29, 1.82) is 0 Å². The monoisotopic (exact) mass is 422 g/mol. The third-order valence-corrected chi connectivity index (χ3v) is 9.21. The van der Waals surface area contributed by atoms with Gasteiger partial charge in [0.05, 0.1) is 11.5 Å². The van der Waals surface area contributed by atoms with Gasteiger partial charge >= 0.3 is 5.97 Å². The largest absolute Gasteiger partial charge is 0.462 e. The van der Waals surface area contributed by atoms with Crippen LogP contribution < -0.4 is 0 Å². The van der Waals surface area contributed by atoms with Crippen LogP contribution in [0.25, 0.3) is 0 Å². The van der Waals surface area contributed by atoms with E-state index in [1.807, 2.05) is 13.8 Å². The predicted octanol–water partition coefficient (Wildman–Crippen LogP) is 0.265. The highest BCUT2D eigenvalue weighted by Gasteiger charge is 2.89. The zero-order valence-electron chi connectivity index (χ0n) is 17.5. The minimum atomic E-state index is -2.46. The Morgan fingerprint density at radius 1 is 1.17 bits per heavy atom. The van der Waals surface area contributed by atoms with Crippen LogP contribution in [-0.4, -0.2) is 62.6 Å². The summed E-state index contributed by atoms with van der Waals surface area (Å²) in [5, 5.41) is 45.8.